The fraction of sp³-hybridized carbons (Fsp3) is 0.429. The number of nitrogens with one attached hydrogen (secondary N) is 2. The fourth-order valence-corrected chi connectivity index (χ4v) is 1.57. The van der Waals surface area contributed by atoms with E-state index in [2.05, 4.69) is 10.6 Å². The topological polar surface area (TPSA) is 93.5 Å². The predicted molar refractivity (Wildman–Crippen MR) is 77.6 cm³/mol. The van der Waals surface area contributed by atoms with Crippen LogP contribution in [0.4, 0.5) is 5.69 Å². The highest BCUT2D eigenvalue weighted by Gasteiger charge is 2.07. The minimum atomic E-state index is -0.364. The van der Waals surface area contributed by atoms with E-state index in [0.717, 1.165) is 11.3 Å². The molecule has 0 unspecified atom stereocenters. The molecule has 1 aromatic carbocycles. The first-order chi connectivity index (χ1) is 9.42. The van der Waals surface area contributed by atoms with E-state index in [-0.39, 0.29) is 31.0 Å². The number of benzene rings is 1. The van der Waals surface area contributed by atoms with Crippen LogP contribution in [-0.4, -0.2) is 31.0 Å². The third kappa shape index (κ3) is 5.27. The molecule has 4 N–H and O–H groups in total. The molecule has 0 saturated heterocycles. The summed E-state index contributed by atoms with van der Waals surface area (Å²) in [7, 11) is 0. The van der Waals surface area contributed by atoms with Crippen LogP contribution in [0.1, 0.15) is 19.4 Å². The van der Waals surface area contributed by atoms with Crippen LogP contribution in [0.2, 0.25) is 0 Å². The van der Waals surface area contributed by atoms with Crippen molar-refractivity contribution >= 4 is 17.5 Å². The Morgan fingerprint density at radius 1 is 1.30 bits per heavy atom. The van der Waals surface area contributed by atoms with Gasteiger partial charge in [-0.3, -0.25) is 9.59 Å². The molecule has 1 rings (SSSR count). The van der Waals surface area contributed by atoms with Gasteiger partial charge in [0, 0.05) is 5.69 Å². The molecule has 0 aromatic heterocycles. The van der Waals surface area contributed by atoms with E-state index in [9.17, 15) is 9.59 Å². The van der Waals surface area contributed by atoms with E-state index in [0.29, 0.717) is 5.69 Å². The summed E-state index contributed by atoms with van der Waals surface area (Å²) in [6.07, 6.45) is 0.0978. The molecule has 0 heterocycles. The minimum Gasteiger partial charge on any atom is -0.491 e. The first-order valence-electron chi connectivity index (χ1n) is 6.46. The highest BCUT2D eigenvalue weighted by molar-refractivity contribution is 5.94. The van der Waals surface area contributed by atoms with Gasteiger partial charge in [0.15, 0.2) is 0 Å². The lowest BCUT2D eigenvalue weighted by molar-refractivity contribution is -0.123. The molecular formula is C14H21N3O3. The third-order valence-corrected chi connectivity index (χ3v) is 2.45. The zero-order chi connectivity index (χ0) is 15.1. The maximum atomic E-state index is 11.6. The number of hydrogen-bond donors (Lipinski definition) is 3. The van der Waals surface area contributed by atoms with E-state index < -0.39 is 0 Å². The second-order valence-electron chi connectivity index (χ2n) is 4.68. The van der Waals surface area contributed by atoms with Gasteiger partial charge in [0.1, 0.15) is 5.75 Å². The van der Waals surface area contributed by atoms with Crippen LogP contribution in [-0.2, 0) is 9.59 Å². The number of carbonyl (C=O) groups excluding carboxylic acids is 2. The molecule has 0 bridgehead atoms. The first kappa shape index (κ1) is 16.0. The molecule has 6 nitrogen and oxygen atoms in total. The quantitative estimate of drug-likeness (QED) is 0.718. The number of rotatable bonds is 6. The van der Waals surface area contributed by atoms with Crippen molar-refractivity contribution in [3.05, 3.63) is 23.8 Å². The van der Waals surface area contributed by atoms with Gasteiger partial charge in [-0.15, -0.1) is 0 Å². The van der Waals surface area contributed by atoms with Gasteiger partial charge in [-0.05, 0) is 44.5 Å². The van der Waals surface area contributed by atoms with Crippen LogP contribution in [0.25, 0.3) is 0 Å². The van der Waals surface area contributed by atoms with E-state index >= 15 is 0 Å². The molecule has 0 saturated carbocycles. The molecule has 110 valence electrons. The van der Waals surface area contributed by atoms with Gasteiger partial charge in [0.2, 0.25) is 11.8 Å². The lowest BCUT2D eigenvalue weighted by Gasteiger charge is -2.14. The lowest BCUT2D eigenvalue weighted by atomic mass is 10.2. The van der Waals surface area contributed by atoms with Crippen LogP contribution in [0.15, 0.2) is 18.2 Å². The Morgan fingerprint density at radius 2 is 2.00 bits per heavy atom. The van der Waals surface area contributed by atoms with Crippen molar-refractivity contribution in [3.8, 4) is 5.75 Å². The third-order valence-electron chi connectivity index (χ3n) is 2.45. The van der Waals surface area contributed by atoms with Crippen LogP contribution in [0, 0.1) is 6.92 Å². The number of hydrogen-bond acceptors (Lipinski definition) is 4. The number of ether oxygens (including phenoxy) is 1. The van der Waals surface area contributed by atoms with Crippen LogP contribution < -0.4 is 21.1 Å². The summed E-state index contributed by atoms with van der Waals surface area (Å²) in [5, 5.41) is 5.10. The normalized spacial score (nSPS) is 10.2. The number of nitrogens with two attached hydrogens (primary N) is 1. The zero-order valence-corrected chi connectivity index (χ0v) is 12.0. The van der Waals surface area contributed by atoms with Crippen molar-refractivity contribution in [1.29, 1.82) is 0 Å². The van der Waals surface area contributed by atoms with Crippen LogP contribution >= 0.6 is 0 Å². The van der Waals surface area contributed by atoms with Crippen molar-refractivity contribution < 1.29 is 14.3 Å². The zero-order valence-electron chi connectivity index (χ0n) is 12.0. The predicted octanol–water partition coefficient (Wildman–Crippen LogP) is 0.796. The largest absolute Gasteiger partial charge is 0.491 e. The second kappa shape index (κ2) is 7.49. The second-order valence-corrected chi connectivity index (χ2v) is 4.68. The summed E-state index contributed by atoms with van der Waals surface area (Å²) in [5.41, 5.74) is 6.72. The van der Waals surface area contributed by atoms with Crippen LogP contribution in [0.5, 0.6) is 5.75 Å². The fourth-order valence-electron chi connectivity index (χ4n) is 1.57. The molecule has 1 aromatic rings. The summed E-state index contributed by atoms with van der Waals surface area (Å²) in [6.45, 7) is 5.58. The van der Waals surface area contributed by atoms with E-state index in [1.807, 2.05) is 32.9 Å². The summed E-state index contributed by atoms with van der Waals surface area (Å²) in [5.74, 6) is 0.121. The maximum absolute atomic E-state index is 11.6. The Labute approximate surface area is 118 Å². The highest BCUT2D eigenvalue weighted by Crippen LogP contribution is 2.22. The summed E-state index contributed by atoms with van der Waals surface area (Å²) in [4.78, 5) is 22.5. The summed E-state index contributed by atoms with van der Waals surface area (Å²) in [6, 6.07) is 5.39. The summed E-state index contributed by atoms with van der Waals surface area (Å²) >= 11 is 0. The number of anilines is 1. The van der Waals surface area contributed by atoms with Crippen molar-refractivity contribution in [3.63, 3.8) is 0 Å². The van der Waals surface area contributed by atoms with Gasteiger partial charge in [-0.2, -0.15) is 0 Å². The van der Waals surface area contributed by atoms with Crippen molar-refractivity contribution in [2.24, 2.45) is 5.73 Å². The Hall–Kier alpha value is -2.08. The smallest absolute Gasteiger partial charge is 0.243 e. The molecule has 0 aliphatic rings. The Bertz CT molecular complexity index is 487. The van der Waals surface area contributed by atoms with E-state index in [4.69, 9.17) is 10.5 Å². The highest BCUT2D eigenvalue weighted by atomic mass is 16.5. The first-order valence-corrected chi connectivity index (χ1v) is 6.46. The molecular weight excluding hydrogens is 258 g/mol. The van der Waals surface area contributed by atoms with E-state index in [1.165, 1.54) is 0 Å². The summed E-state index contributed by atoms with van der Waals surface area (Å²) < 4.78 is 5.61. The molecule has 0 fully saturated rings. The molecule has 0 atom stereocenters. The average Bonchev–Trinajstić information content (AvgIpc) is 2.38. The van der Waals surface area contributed by atoms with Gasteiger partial charge in [0.05, 0.1) is 19.2 Å². The van der Waals surface area contributed by atoms with Crippen molar-refractivity contribution in [2.45, 2.75) is 26.9 Å². The molecule has 0 aliphatic carbocycles. The monoisotopic (exact) mass is 279 g/mol. The molecule has 0 radical (unpaired) electrons. The Kier molecular flexibility index (Phi) is 5.99. The van der Waals surface area contributed by atoms with Crippen molar-refractivity contribution in [1.82, 2.24) is 5.32 Å². The average molecular weight is 279 g/mol. The van der Waals surface area contributed by atoms with Crippen molar-refractivity contribution in [2.75, 3.05) is 18.4 Å². The lowest BCUT2D eigenvalue weighted by Crippen LogP contribution is -2.36. The van der Waals surface area contributed by atoms with Gasteiger partial charge >= 0.3 is 0 Å². The van der Waals surface area contributed by atoms with Gasteiger partial charge in [-0.25, -0.2) is 0 Å². The van der Waals surface area contributed by atoms with Gasteiger partial charge < -0.3 is 21.1 Å². The van der Waals surface area contributed by atoms with Gasteiger partial charge in [0.25, 0.3) is 0 Å². The number of amides is 2. The molecule has 2 amide bonds. The standard InChI is InChI=1S/C14H21N3O3/c1-9(2)20-12-5-4-11(6-10(12)3)17-14(19)8-16-13(18)7-15/h4-6,9H,7-8,15H2,1-3H3,(H,16,18)(H,17,19). The van der Waals surface area contributed by atoms with Crippen LogP contribution in [0.3, 0.4) is 0 Å². The molecule has 0 spiro atoms. The number of carbonyl (C=O) groups is 2. The Morgan fingerprint density at radius 3 is 2.55 bits per heavy atom. The van der Waals surface area contributed by atoms with Gasteiger partial charge in [-0.1, -0.05) is 0 Å². The molecule has 20 heavy (non-hydrogen) atoms. The molecule has 0 aliphatic heterocycles. The Balaban J connectivity index is 2.58. The number of aryl methyl sites for hydroxylation is 1. The SMILES string of the molecule is Cc1cc(NC(=O)CNC(=O)CN)ccc1OC(C)C. The van der Waals surface area contributed by atoms with E-state index in [1.54, 1.807) is 6.07 Å². The maximum Gasteiger partial charge on any atom is 0.243 e. The minimum absolute atomic E-state index is 0.0978. The molecule has 6 heteroatoms.